The van der Waals surface area contributed by atoms with Crippen LogP contribution in [0.3, 0.4) is 0 Å². The van der Waals surface area contributed by atoms with Gasteiger partial charge in [-0.1, -0.05) is 12.1 Å². The fourth-order valence-corrected chi connectivity index (χ4v) is 3.71. The molecule has 162 valence electrons. The average Bonchev–Trinajstić information content (AvgIpc) is 3.29. The molecular weight excluding hydrogens is 394 g/mol. The molecule has 0 spiro atoms. The Hall–Kier alpha value is -3.65. The van der Waals surface area contributed by atoms with Gasteiger partial charge in [0.15, 0.2) is 0 Å². The number of fused-ring (bicyclic) bond motifs is 1. The van der Waals surface area contributed by atoms with E-state index in [1.54, 1.807) is 20.3 Å². The van der Waals surface area contributed by atoms with Gasteiger partial charge in [0.2, 0.25) is 0 Å². The number of benzene rings is 2. The van der Waals surface area contributed by atoms with Crippen molar-refractivity contribution < 1.29 is 14.6 Å². The Bertz CT molecular complexity index is 1170. The lowest BCUT2D eigenvalue weighted by atomic mass is 10.2. The lowest BCUT2D eigenvalue weighted by molar-refractivity contribution is 0.393. The minimum absolute atomic E-state index is 0.111. The van der Waals surface area contributed by atoms with Crippen LogP contribution in [0.4, 0.5) is 5.82 Å². The highest BCUT2D eigenvalue weighted by Crippen LogP contribution is 2.42. The standard InChI is InChI=1S/C23H27N5O3/c1-27(2)10-9-19-21(29)20(23-25-17-7-5-6-8-18(17)26-23)22(24)28(19)14-11-15(30-3)13-16(12-14)31-4/h5-8,11-13,29H,9-10,24H2,1-4H3,(H,25,26). The number of aromatic nitrogens is 3. The molecule has 8 nitrogen and oxygen atoms in total. The number of para-hydroxylation sites is 2. The summed E-state index contributed by atoms with van der Waals surface area (Å²) in [5, 5.41) is 11.3. The number of ether oxygens (including phenoxy) is 2. The fourth-order valence-electron chi connectivity index (χ4n) is 3.71. The molecule has 0 fully saturated rings. The molecule has 0 bridgehead atoms. The molecule has 0 amide bonds. The second-order valence-electron chi connectivity index (χ2n) is 7.62. The Balaban J connectivity index is 1.94. The third-order valence-corrected chi connectivity index (χ3v) is 5.29. The smallest absolute Gasteiger partial charge is 0.150 e. The molecule has 4 rings (SSSR count). The van der Waals surface area contributed by atoms with Crippen LogP contribution in [0.2, 0.25) is 0 Å². The van der Waals surface area contributed by atoms with E-state index in [0.29, 0.717) is 40.8 Å². The summed E-state index contributed by atoms with van der Waals surface area (Å²) in [4.78, 5) is 9.97. The number of methoxy groups -OCH3 is 2. The molecule has 0 saturated carbocycles. The topological polar surface area (TPSA) is 102 Å². The number of nitrogens with two attached hydrogens (primary N) is 1. The van der Waals surface area contributed by atoms with Crippen LogP contribution in [-0.4, -0.2) is 59.4 Å². The third kappa shape index (κ3) is 3.77. The molecule has 0 aliphatic carbocycles. The number of likely N-dealkylation sites (N-methyl/N-ethyl adjacent to an activating group) is 1. The van der Waals surface area contributed by atoms with Crippen LogP contribution < -0.4 is 15.2 Å². The van der Waals surface area contributed by atoms with Crippen LogP contribution in [0.15, 0.2) is 42.5 Å². The Morgan fingerprint density at radius 3 is 2.39 bits per heavy atom. The van der Waals surface area contributed by atoms with Crippen LogP contribution in [0, 0.1) is 0 Å². The zero-order valence-electron chi connectivity index (χ0n) is 18.1. The van der Waals surface area contributed by atoms with E-state index in [4.69, 9.17) is 15.2 Å². The summed E-state index contributed by atoms with van der Waals surface area (Å²) in [5.41, 5.74) is 10.2. The molecule has 0 saturated heterocycles. The van der Waals surface area contributed by atoms with Crippen molar-refractivity contribution in [2.75, 3.05) is 40.6 Å². The lowest BCUT2D eigenvalue weighted by Crippen LogP contribution is -2.17. The maximum Gasteiger partial charge on any atom is 0.150 e. The van der Waals surface area contributed by atoms with E-state index in [2.05, 4.69) is 14.9 Å². The number of H-pyrrole nitrogens is 1. The second kappa shape index (κ2) is 8.23. The Morgan fingerprint density at radius 1 is 1.10 bits per heavy atom. The van der Waals surface area contributed by atoms with Crippen molar-refractivity contribution >= 4 is 16.9 Å². The van der Waals surface area contributed by atoms with Crippen molar-refractivity contribution in [3.05, 3.63) is 48.2 Å². The number of imidazole rings is 1. The number of aromatic amines is 1. The highest BCUT2D eigenvalue weighted by Gasteiger charge is 2.25. The molecule has 0 aliphatic heterocycles. The van der Waals surface area contributed by atoms with Crippen LogP contribution >= 0.6 is 0 Å². The summed E-state index contributed by atoms with van der Waals surface area (Å²) in [5.74, 6) is 2.29. The van der Waals surface area contributed by atoms with E-state index in [1.165, 1.54) is 0 Å². The van der Waals surface area contributed by atoms with E-state index in [-0.39, 0.29) is 5.75 Å². The van der Waals surface area contributed by atoms with Crippen molar-refractivity contribution in [2.24, 2.45) is 0 Å². The highest BCUT2D eigenvalue weighted by atomic mass is 16.5. The lowest BCUT2D eigenvalue weighted by Gasteiger charge is -2.16. The molecule has 2 aromatic heterocycles. The normalized spacial score (nSPS) is 11.4. The molecule has 0 atom stereocenters. The number of nitrogens with zero attached hydrogens (tertiary/aromatic N) is 3. The Labute approximate surface area is 180 Å². The molecule has 0 aliphatic rings. The van der Waals surface area contributed by atoms with Crippen LogP contribution in [0.25, 0.3) is 28.1 Å². The van der Waals surface area contributed by atoms with E-state index >= 15 is 0 Å². The Kier molecular flexibility index (Phi) is 5.48. The van der Waals surface area contributed by atoms with Crippen molar-refractivity contribution in [1.82, 2.24) is 19.4 Å². The average molecular weight is 422 g/mol. The predicted octanol–water partition coefficient (Wildman–Crippen LogP) is 3.43. The SMILES string of the molecule is COc1cc(OC)cc(-n2c(N)c(-c3nc4ccccc4[nH]3)c(O)c2CCN(C)C)c1. The van der Waals surface area contributed by atoms with Gasteiger partial charge in [-0.15, -0.1) is 0 Å². The molecule has 2 aromatic carbocycles. The van der Waals surface area contributed by atoms with Gasteiger partial charge in [-0.25, -0.2) is 4.98 Å². The van der Waals surface area contributed by atoms with Gasteiger partial charge >= 0.3 is 0 Å². The van der Waals surface area contributed by atoms with Crippen LogP contribution in [0.1, 0.15) is 5.69 Å². The number of aromatic hydroxyl groups is 1. The molecule has 0 radical (unpaired) electrons. The van der Waals surface area contributed by atoms with Gasteiger partial charge in [0.1, 0.15) is 34.5 Å². The maximum atomic E-state index is 11.3. The van der Waals surface area contributed by atoms with Crippen LogP contribution in [-0.2, 0) is 6.42 Å². The van der Waals surface area contributed by atoms with E-state index in [1.807, 2.05) is 55.1 Å². The predicted molar refractivity (Wildman–Crippen MR) is 122 cm³/mol. The zero-order valence-corrected chi connectivity index (χ0v) is 18.1. The summed E-state index contributed by atoms with van der Waals surface area (Å²) < 4.78 is 12.7. The highest BCUT2D eigenvalue weighted by molar-refractivity contribution is 5.86. The molecule has 8 heteroatoms. The monoisotopic (exact) mass is 421 g/mol. The number of hydrogen-bond acceptors (Lipinski definition) is 6. The van der Waals surface area contributed by atoms with Gasteiger partial charge in [0.05, 0.1) is 36.6 Å². The van der Waals surface area contributed by atoms with Gasteiger partial charge in [-0.3, -0.25) is 4.57 Å². The minimum atomic E-state index is 0.111. The first-order valence-electron chi connectivity index (χ1n) is 9.98. The van der Waals surface area contributed by atoms with Gasteiger partial charge in [0, 0.05) is 31.2 Å². The number of anilines is 1. The number of nitrogen functional groups attached to an aromatic ring is 1. The number of rotatable bonds is 7. The molecule has 0 unspecified atom stereocenters. The van der Waals surface area contributed by atoms with Gasteiger partial charge < -0.3 is 30.2 Å². The third-order valence-electron chi connectivity index (χ3n) is 5.29. The molecule has 4 N–H and O–H groups in total. The molecule has 4 aromatic rings. The van der Waals surface area contributed by atoms with Gasteiger partial charge in [0.25, 0.3) is 0 Å². The van der Waals surface area contributed by atoms with Gasteiger partial charge in [-0.05, 0) is 26.2 Å². The molecular formula is C23H27N5O3. The zero-order chi connectivity index (χ0) is 22.1. The van der Waals surface area contributed by atoms with Crippen LogP contribution in [0.5, 0.6) is 17.2 Å². The minimum Gasteiger partial charge on any atom is -0.505 e. The fraction of sp³-hybridized carbons (Fsp3) is 0.261. The molecule has 31 heavy (non-hydrogen) atoms. The first-order chi connectivity index (χ1) is 14.9. The van der Waals surface area contributed by atoms with E-state index in [9.17, 15) is 5.11 Å². The summed E-state index contributed by atoms with van der Waals surface area (Å²) in [6, 6.07) is 13.2. The summed E-state index contributed by atoms with van der Waals surface area (Å²) in [6.45, 7) is 0.734. The van der Waals surface area contributed by atoms with Crippen molar-refractivity contribution in [1.29, 1.82) is 0 Å². The summed E-state index contributed by atoms with van der Waals surface area (Å²) in [7, 11) is 7.18. The van der Waals surface area contributed by atoms with E-state index in [0.717, 1.165) is 23.3 Å². The summed E-state index contributed by atoms with van der Waals surface area (Å²) >= 11 is 0. The Morgan fingerprint density at radius 2 is 1.77 bits per heavy atom. The number of hydrogen-bond donors (Lipinski definition) is 3. The second-order valence-corrected chi connectivity index (χ2v) is 7.62. The largest absolute Gasteiger partial charge is 0.505 e. The maximum absolute atomic E-state index is 11.3. The number of nitrogens with one attached hydrogen (secondary N) is 1. The quantitative estimate of drug-likeness (QED) is 0.423. The summed E-state index contributed by atoms with van der Waals surface area (Å²) in [6.07, 6.45) is 0.586. The van der Waals surface area contributed by atoms with Crippen molar-refractivity contribution in [3.8, 4) is 34.3 Å². The van der Waals surface area contributed by atoms with Crippen molar-refractivity contribution in [3.63, 3.8) is 0 Å². The van der Waals surface area contributed by atoms with E-state index < -0.39 is 0 Å². The van der Waals surface area contributed by atoms with Crippen molar-refractivity contribution in [2.45, 2.75) is 6.42 Å². The first-order valence-corrected chi connectivity index (χ1v) is 9.98. The first kappa shape index (κ1) is 20.6. The molecule has 2 heterocycles. The van der Waals surface area contributed by atoms with Gasteiger partial charge in [-0.2, -0.15) is 0 Å².